The van der Waals surface area contributed by atoms with E-state index in [1.807, 2.05) is 0 Å². The van der Waals surface area contributed by atoms with E-state index in [0.717, 1.165) is 0 Å². The smallest absolute Gasteiger partial charge is 0.229 e. The number of halogens is 1. The van der Waals surface area contributed by atoms with Crippen LogP contribution in [0, 0.1) is 12.7 Å². The average molecular weight is 240 g/mol. The van der Waals surface area contributed by atoms with Crippen molar-refractivity contribution in [2.75, 3.05) is 0 Å². The molecule has 1 unspecified atom stereocenters. The third kappa shape index (κ3) is 2.33. The molecule has 16 heavy (non-hydrogen) atoms. The highest BCUT2D eigenvalue weighted by Crippen LogP contribution is 2.14. The number of benzene rings is 1. The SMILES string of the molecule is Cc1nnc(CS(=O)c2ccccc2F)o1. The molecule has 0 amide bonds. The minimum atomic E-state index is -1.50. The number of rotatable bonds is 3. The van der Waals surface area contributed by atoms with Crippen LogP contribution in [0.1, 0.15) is 11.8 Å². The maximum Gasteiger partial charge on any atom is 0.229 e. The number of aromatic nitrogens is 2. The van der Waals surface area contributed by atoms with Gasteiger partial charge in [-0.2, -0.15) is 0 Å². The van der Waals surface area contributed by atoms with E-state index in [-0.39, 0.29) is 16.5 Å². The fourth-order valence-electron chi connectivity index (χ4n) is 1.22. The van der Waals surface area contributed by atoms with Gasteiger partial charge in [0.25, 0.3) is 0 Å². The summed E-state index contributed by atoms with van der Waals surface area (Å²) in [5, 5.41) is 7.32. The van der Waals surface area contributed by atoms with Gasteiger partial charge in [0.2, 0.25) is 11.8 Å². The third-order valence-electron chi connectivity index (χ3n) is 1.90. The molecule has 2 rings (SSSR count). The summed E-state index contributed by atoms with van der Waals surface area (Å²) in [6.45, 7) is 1.64. The van der Waals surface area contributed by atoms with Gasteiger partial charge in [-0.05, 0) is 12.1 Å². The van der Waals surface area contributed by atoms with E-state index in [4.69, 9.17) is 4.42 Å². The Morgan fingerprint density at radius 2 is 2.12 bits per heavy atom. The summed E-state index contributed by atoms with van der Waals surface area (Å²) in [5.74, 6) is 0.193. The highest BCUT2D eigenvalue weighted by molar-refractivity contribution is 7.84. The number of hydrogen-bond acceptors (Lipinski definition) is 4. The first kappa shape index (κ1) is 10.9. The van der Waals surface area contributed by atoms with Crippen LogP contribution in [0.4, 0.5) is 4.39 Å². The lowest BCUT2D eigenvalue weighted by molar-refractivity contribution is 0.483. The van der Waals surface area contributed by atoms with Gasteiger partial charge in [-0.15, -0.1) is 10.2 Å². The van der Waals surface area contributed by atoms with Crippen molar-refractivity contribution in [1.82, 2.24) is 10.2 Å². The van der Waals surface area contributed by atoms with Crippen LogP contribution in [0.3, 0.4) is 0 Å². The summed E-state index contributed by atoms with van der Waals surface area (Å²) in [7, 11) is -1.50. The van der Waals surface area contributed by atoms with E-state index in [0.29, 0.717) is 5.89 Å². The van der Waals surface area contributed by atoms with Crippen LogP contribution < -0.4 is 0 Å². The van der Waals surface area contributed by atoms with E-state index in [1.165, 1.54) is 12.1 Å². The monoisotopic (exact) mass is 240 g/mol. The van der Waals surface area contributed by atoms with E-state index in [9.17, 15) is 8.60 Å². The van der Waals surface area contributed by atoms with Gasteiger partial charge in [-0.25, -0.2) is 4.39 Å². The standard InChI is InChI=1S/C10H9FN2O2S/c1-7-12-13-10(15-7)6-16(14)9-5-3-2-4-8(9)11/h2-5H,6H2,1H3. The molecule has 0 saturated heterocycles. The Kier molecular flexibility index (Phi) is 3.09. The van der Waals surface area contributed by atoms with Gasteiger partial charge in [0.05, 0.1) is 15.7 Å². The second-order valence-corrected chi connectivity index (χ2v) is 4.55. The Balaban J connectivity index is 2.18. The zero-order valence-electron chi connectivity index (χ0n) is 8.51. The van der Waals surface area contributed by atoms with Crippen LogP contribution >= 0.6 is 0 Å². The summed E-state index contributed by atoms with van der Waals surface area (Å²) in [4.78, 5) is 0.151. The largest absolute Gasteiger partial charge is 0.425 e. The van der Waals surface area contributed by atoms with Crippen molar-refractivity contribution in [2.24, 2.45) is 0 Å². The predicted octanol–water partition coefficient (Wildman–Crippen LogP) is 1.82. The maximum atomic E-state index is 13.3. The Morgan fingerprint density at radius 1 is 1.38 bits per heavy atom. The van der Waals surface area contributed by atoms with Crippen LogP contribution in [0.15, 0.2) is 33.6 Å². The lowest BCUT2D eigenvalue weighted by Crippen LogP contribution is -1.99. The molecule has 0 N–H and O–H groups in total. The van der Waals surface area contributed by atoms with Gasteiger partial charge in [-0.3, -0.25) is 4.21 Å². The van der Waals surface area contributed by atoms with Crippen LogP contribution in [-0.2, 0) is 16.6 Å². The van der Waals surface area contributed by atoms with Crippen molar-refractivity contribution >= 4 is 10.8 Å². The molecule has 0 fully saturated rings. The predicted molar refractivity (Wildman–Crippen MR) is 55.5 cm³/mol. The zero-order valence-corrected chi connectivity index (χ0v) is 9.33. The Morgan fingerprint density at radius 3 is 2.75 bits per heavy atom. The van der Waals surface area contributed by atoms with E-state index in [1.54, 1.807) is 19.1 Å². The van der Waals surface area contributed by atoms with Gasteiger partial charge in [0.1, 0.15) is 11.6 Å². The van der Waals surface area contributed by atoms with Crippen LogP contribution in [0.25, 0.3) is 0 Å². The molecular formula is C10H9FN2O2S. The number of hydrogen-bond donors (Lipinski definition) is 0. The van der Waals surface area contributed by atoms with E-state index in [2.05, 4.69) is 10.2 Å². The van der Waals surface area contributed by atoms with Crippen molar-refractivity contribution in [3.8, 4) is 0 Å². The Labute approximate surface area is 94.0 Å². The molecular weight excluding hydrogens is 231 g/mol. The molecule has 1 atom stereocenters. The van der Waals surface area contributed by atoms with Gasteiger partial charge >= 0.3 is 0 Å². The molecule has 6 heteroatoms. The summed E-state index contributed by atoms with van der Waals surface area (Å²) >= 11 is 0. The zero-order chi connectivity index (χ0) is 11.5. The molecule has 0 spiro atoms. The third-order valence-corrected chi connectivity index (χ3v) is 3.24. The first-order chi connectivity index (χ1) is 7.66. The van der Waals surface area contributed by atoms with Crippen molar-refractivity contribution in [3.05, 3.63) is 41.9 Å². The second kappa shape index (κ2) is 4.52. The van der Waals surface area contributed by atoms with Crippen molar-refractivity contribution in [2.45, 2.75) is 17.6 Å². The molecule has 1 heterocycles. The van der Waals surface area contributed by atoms with Crippen molar-refractivity contribution < 1.29 is 13.0 Å². The highest BCUT2D eigenvalue weighted by Gasteiger charge is 2.13. The molecule has 0 bridgehead atoms. The number of nitrogens with zero attached hydrogens (tertiary/aromatic N) is 2. The Bertz CT molecular complexity index is 527. The molecule has 2 aromatic rings. The quantitative estimate of drug-likeness (QED) is 0.821. The highest BCUT2D eigenvalue weighted by atomic mass is 32.2. The molecule has 0 aliphatic carbocycles. The fraction of sp³-hybridized carbons (Fsp3) is 0.200. The Hall–Kier alpha value is -1.56. The molecule has 0 aliphatic heterocycles. The number of aryl methyl sites for hydroxylation is 1. The van der Waals surface area contributed by atoms with Crippen LogP contribution in [-0.4, -0.2) is 14.4 Å². The maximum absolute atomic E-state index is 13.3. The topological polar surface area (TPSA) is 56.0 Å². The van der Waals surface area contributed by atoms with E-state index < -0.39 is 16.6 Å². The first-order valence-corrected chi connectivity index (χ1v) is 5.90. The summed E-state index contributed by atoms with van der Waals surface area (Å²) in [5.41, 5.74) is 0. The average Bonchev–Trinajstić information content (AvgIpc) is 2.64. The lowest BCUT2D eigenvalue weighted by Gasteiger charge is -2.00. The molecule has 84 valence electrons. The van der Waals surface area contributed by atoms with Gasteiger partial charge in [-0.1, -0.05) is 12.1 Å². The first-order valence-electron chi connectivity index (χ1n) is 4.58. The molecule has 1 aromatic carbocycles. The molecule has 0 saturated carbocycles. The van der Waals surface area contributed by atoms with Crippen LogP contribution in [0.2, 0.25) is 0 Å². The van der Waals surface area contributed by atoms with Gasteiger partial charge in [0, 0.05) is 6.92 Å². The molecule has 0 radical (unpaired) electrons. The van der Waals surface area contributed by atoms with Crippen molar-refractivity contribution in [1.29, 1.82) is 0 Å². The normalized spacial score (nSPS) is 12.6. The molecule has 4 nitrogen and oxygen atoms in total. The van der Waals surface area contributed by atoms with Crippen LogP contribution in [0.5, 0.6) is 0 Å². The van der Waals surface area contributed by atoms with E-state index >= 15 is 0 Å². The molecule has 0 aliphatic rings. The summed E-state index contributed by atoms with van der Waals surface area (Å²) in [6, 6.07) is 5.93. The minimum absolute atomic E-state index is 0.0295. The molecule has 1 aromatic heterocycles. The lowest BCUT2D eigenvalue weighted by atomic mass is 10.3. The van der Waals surface area contributed by atoms with Gasteiger partial charge in [0.15, 0.2) is 0 Å². The second-order valence-electron chi connectivity index (χ2n) is 3.14. The fourth-order valence-corrected chi connectivity index (χ4v) is 2.23. The van der Waals surface area contributed by atoms with Gasteiger partial charge < -0.3 is 4.42 Å². The van der Waals surface area contributed by atoms with Crippen molar-refractivity contribution in [3.63, 3.8) is 0 Å². The summed E-state index contributed by atoms with van der Waals surface area (Å²) < 4.78 is 30.2. The minimum Gasteiger partial charge on any atom is -0.425 e. The summed E-state index contributed by atoms with van der Waals surface area (Å²) in [6.07, 6.45) is 0.